The van der Waals surface area contributed by atoms with Crippen LogP contribution < -0.4 is 0 Å². The molecule has 4 heterocycles. The number of likely N-dealkylation sites (N-methyl/N-ethyl adjacent to an activating group) is 1. The standard InChI is InChI=1S/C23H24N6O2/c1-2-28(15-17-5-9-24-10-6-17)21(30)16-29-13-3-4-20-19(23(29)31)14-26-22(27-20)18-7-11-25-12-8-18/h5-12,14H,2-4,13,15-16H2,1H3. The molecule has 0 aromatic carbocycles. The van der Waals surface area contributed by atoms with E-state index in [-0.39, 0.29) is 18.4 Å². The Balaban J connectivity index is 1.49. The predicted molar refractivity (Wildman–Crippen MR) is 115 cm³/mol. The molecule has 2 amide bonds. The van der Waals surface area contributed by atoms with Crippen LogP contribution >= 0.6 is 0 Å². The average Bonchev–Trinajstić information content (AvgIpc) is 2.97. The molecule has 8 nitrogen and oxygen atoms in total. The molecule has 0 bridgehead atoms. The van der Waals surface area contributed by atoms with Crippen LogP contribution in [0.25, 0.3) is 11.4 Å². The Morgan fingerprint density at radius 1 is 1.10 bits per heavy atom. The number of carbonyl (C=O) groups excluding carboxylic acids is 2. The molecule has 0 saturated heterocycles. The monoisotopic (exact) mass is 416 g/mol. The highest BCUT2D eigenvalue weighted by Crippen LogP contribution is 2.21. The lowest BCUT2D eigenvalue weighted by molar-refractivity contribution is -0.132. The number of hydrogen-bond acceptors (Lipinski definition) is 6. The SMILES string of the molecule is CCN(Cc1ccncc1)C(=O)CN1CCCc2nc(-c3ccncc3)ncc2C1=O. The number of rotatable bonds is 6. The first-order chi connectivity index (χ1) is 15.2. The van der Waals surface area contributed by atoms with Gasteiger partial charge in [0.1, 0.15) is 6.54 Å². The molecule has 158 valence electrons. The maximum Gasteiger partial charge on any atom is 0.257 e. The molecular weight excluding hydrogens is 392 g/mol. The van der Waals surface area contributed by atoms with Crippen molar-refractivity contribution in [3.63, 3.8) is 0 Å². The fourth-order valence-corrected chi connectivity index (χ4v) is 3.63. The van der Waals surface area contributed by atoms with Crippen LogP contribution in [0, 0.1) is 0 Å². The van der Waals surface area contributed by atoms with Gasteiger partial charge in [0.15, 0.2) is 5.82 Å². The van der Waals surface area contributed by atoms with Crippen molar-refractivity contribution >= 4 is 11.8 Å². The molecule has 31 heavy (non-hydrogen) atoms. The third-order valence-electron chi connectivity index (χ3n) is 5.35. The number of aryl methyl sites for hydroxylation is 1. The van der Waals surface area contributed by atoms with E-state index in [0.29, 0.717) is 37.4 Å². The number of pyridine rings is 2. The van der Waals surface area contributed by atoms with Crippen molar-refractivity contribution in [2.24, 2.45) is 0 Å². The Hall–Kier alpha value is -3.68. The van der Waals surface area contributed by atoms with Crippen molar-refractivity contribution in [3.8, 4) is 11.4 Å². The van der Waals surface area contributed by atoms with E-state index in [0.717, 1.165) is 23.2 Å². The summed E-state index contributed by atoms with van der Waals surface area (Å²) in [7, 11) is 0. The molecule has 1 aliphatic heterocycles. The number of carbonyl (C=O) groups is 2. The first-order valence-corrected chi connectivity index (χ1v) is 10.4. The minimum absolute atomic E-state index is 0.0449. The lowest BCUT2D eigenvalue weighted by Crippen LogP contribution is -2.42. The molecule has 0 aliphatic carbocycles. The van der Waals surface area contributed by atoms with Gasteiger partial charge in [-0.25, -0.2) is 9.97 Å². The van der Waals surface area contributed by atoms with Crippen LogP contribution in [0.2, 0.25) is 0 Å². The largest absolute Gasteiger partial charge is 0.337 e. The van der Waals surface area contributed by atoms with E-state index < -0.39 is 0 Å². The predicted octanol–water partition coefficient (Wildman–Crippen LogP) is 2.37. The van der Waals surface area contributed by atoms with Gasteiger partial charge in [-0.1, -0.05) is 0 Å². The molecule has 3 aromatic rings. The molecule has 3 aromatic heterocycles. The lowest BCUT2D eigenvalue weighted by atomic mass is 10.1. The number of nitrogens with zero attached hydrogens (tertiary/aromatic N) is 6. The molecule has 1 aliphatic rings. The zero-order valence-corrected chi connectivity index (χ0v) is 17.4. The maximum atomic E-state index is 13.1. The van der Waals surface area contributed by atoms with Gasteiger partial charge in [0.2, 0.25) is 5.91 Å². The molecular formula is C23H24N6O2. The maximum absolute atomic E-state index is 13.1. The van der Waals surface area contributed by atoms with Gasteiger partial charge >= 0.3 is 0 Å². The summed E-state index contributed by atoms with van der Waals surface area (Å²) in [5.41, 5.74) is 3.07. The van der Waals surface area contributed by atoms with E-state index in [9.17, 15) is 9.59 Å². The summed E-state index contributed by atoms with van der Waals surface area (Å²) in [6.07, 6.45) is 9.79. The summed E-state index contributed by atoms with van der Waals surface area (Å²) in [6.45, 7) is 3.56. The van der Waals surface area contributed by atoms with Gasteiger partial charge < -0.3 is 9.80 Å². The van der Waals surface area contributed by atoms with Gasteiger partial charge in [-0.3, -0.25) is 19.6 Å². The van der Waals surface area contributed by atoms with Gasteiger partial charge in [-0.15, -0.1) is 0 Å². The number of hydrogen-bond donors (Lipinski definition) is 0. The van der Waals surface area contributed by atoms with E-state index in [1.54, 1.807) is 40.8 Å². The zero-order chi connectivity index (χ0) is 21.6. The Labute approximate surface area is 181 Å². The average molecular weight is 416 g/mol. The van der Waals surface area contributed by atoms with E-state index >= 15 is 0 Å². The zero-order valence-electron chi connectivity index (χ0n) is 17.4. The summed E-state index contributed by atoms with van der Waals surface area (Å²) in [5.74, 6) is 0.306. The third kappa shape index (κ3) is 4.74. The molecule has 0 radical (unpaired) electrons. The number of fused-ring (bicyclic) bond motifs is 1. The highest BCUT2D eigenvalue weighted by molar-refractivity contribution is 5.97. The molecule has 4 rings (SSSR count). The fourth-order valence-electron chi connectivity index (χ4n) is 3.63. The first kappa shape index (κ1) is 20.6. The van der Waals surface area contributed by atoms with Crippen LogP contribution in [0.3, 0.4) is 0 Å². The van der Waals surface area contributed by atoms with Crippen molar-refractivity contribution < 1.29 is 9.59 Å². The van der Waals surface area contributed by atoms with Gasteiger partial charge in [0.25, 0.3) is 5.91 Å². The summed E-state index contributed by atoms with van der Waals surface area (Å²) < 4.78 is 0. The van der Waals surface area contributed by atoms with Crippen LogP contribution in [0.5, 0.6) is 0 Å². The second-order valence-corrected chi connectivity index (χ2v) is 7.38. The quantitative estimate of drug-likeness (QED) is 0.613. The topological polar surface area (TPSA) is 92.2 Å². The van der Waals surface area contributed by atoms with Crippen molar-refractivity contribution in [2.45, 2.75) is 26.3 Å². The van der Waals surface area contributed by atoms with E-state index in [1.807, 2.05) is 31.2 Å². The Bertz CT molecular complexity index is 1060. The third-order valence-corrected chi connectivity index (χ3v) is 5.35. The van der Waals surface area contributed by atoms with Crippen molar-refractivity contribution in [1.29, 1.82) is 0 Å². The van der Waals surface area contributed by atoms with Crippen molar-refractivity contribution in [1.82, 2.24) is 29.7 Å². The highest BCUT2D eigenvalue weighted by Gasteiger charge is 2.27. The van der Waals surface area contributed by atoms with Crippen LogP contribution in [0.4, 0.5) is 0 Å². The second-order valence-electron chi connectivity index (χ2n) is 7.38. The first-order valence-electron chi connectivity index (χ1n) is 10.4. The van der Waals surface area contributed by atoms with Gasteiger partial charge in [0, 0.05) is 56.2 Å². The molecule has 0 atom stereocenters. The molecule has 0 spiro atoms. The molecule has 0 saturated carbocycles. The van der Waals surface area contributed by atoms with E-state index in [1.165, 1.54) is 0 Å². The minimum Gasteiger partial charge on any atom is -0.337 e. The number of aromatic nitrogens is 4. The normalized spacial score (nSPS) is 13.5. The molecule has 8 heteroatoms. The fraction of sp³-hybridized carbons (Fsp3) is 0.304. The summed E-state index contributed by atoms with van der Waals surface area (Å²) in [5, 5.41) is 0. The van der Waals surface area contributed by atoms with Crippen LogP contribution in [0.15, 0.2) is 55.2 Å². The summed E-state index contributed by atoms with van der Waals surface area (Å²) in [4.78, 5) is 46.5. The number of amides is 2. The van der Waals surface area contributed by atoms with Crippen LogP contribution in [-0.2, 0) is 17.8 Å². The lowest BCUT2D eigenvalue weighted by Gasteiger charge is -2.26. The Kier molecular flexibility index (Phi) is 6.26. The van der Waals surface area contributed by atoms with Crippen LogP contribution in [-0.4, -0.2) is 61.2 Å². The van der Waals surface area contributed by atoms with Crippen molar-refractivity contribution in [2.75, 3.05) is 19.6 Å². The Morgan fingerprint density at radius 2 is 1.81 bits per heavy atom. The van der Waals surface area contributed by atoms with Crippen LogP contribution in [0.1, 0.15) is 35.0 Å². The highest BCUT2D eigenvalue weighted by atomic mass is 16.2. The van der Waals surface area contributed by atoms with Gasteiger partial charge in [-0.05, 0) is 49.6 Å². The van der Waals surface area contributed by atoms with Crippen molar-refractivity contribution in [3.05, 3.63) is 72.1 Å². The molecule has 0 fully saturated rings. The second kappa shape index (κ2) is 9.42. The van der Waals surface area contributed by atoms with Gasteiger partial charge in [-0.2, -0.15) is 0 Å². The molecule has 0 unspecified atom stereocenters. The van der Waals surface area contributed by atoms with E-state index in [2.05, 4.69) is 19.9 Å². The van der Waals surface area contributed by atoms with E-state index in [4.69, 9.17) is 0 Å². The summed E-state index contributed by atoms with van der Waals surface area (Å²) in [6, 6.07) is 7.46. The minimum atomic E-state index is -0.193. The molecule has 0 N–H and O–H groups in total. The summed E-state index contributed by atoms with van der Waals surface area (Å²) >= 11 is 0. The van der Waals surface area contributed by atoms with Gasteiger partial charge in [0.05, 0.1) is 11.3 Å². The Morgan fingerprint density at radius 3 is 2.52 bits per heavy atom. The smallest absolute Gasteiger partial charge is 0.257 e.